The van der Waals surface area contributed by atoms with E-state index in [2.05, 4.69) is 39.6 Å². The van der Waals surface area contributed by atoms with Crippen molar-refractivity contribution in [2.45, 2.75) is 37.2 Å². The largest absolute Gasteiger partial charge is 0.496 e. The third kappa shape index (κ3) is 4.92. The Bertz CT molecular complexity index is 924. The third-order valence-electron chi connectivity index (χ3n) is 4.40. The Hall–Kier alpha value is -2.80. The van der Waals surface area contributed by atoms with Gasteiger partial charge in [-0.1, -0.05) is 61.2 Å². The normalized spacial score (nSPS) is 11.8. The number of amides is 1. The number of carbonyl (C=O) groups is 1. The van der Waals surface area contributed by atoms with Gasteiger partial charge >= 0.3 is 0 Å². The second-order valence-corrected chi connectivity index (χ2v) is 7.61. The van der Waals surface area contributed by atoms with Crippen molar-refractivity contribution in [2.24, 2.45) is 0 Å². The van der Waals surface area contributed by atoms with Gasteiger partial charge in [-0.25, -0.2) is 4.98 Å². The molecule has 2 N–H and O–H groups in total. The molecule has 0 aliphatic carbocycles. The van der Waals surface area contributed by atoms with Crippen LogP contribution in [0.25, 0.3) is 11.4 Å². The summed E-state index contributed by atoms with van der Waals surface area (Å²) in [5.41, 5.74) is 3.19. The average molecular weight is 397 g/mol. The number of H-pyrrole nitrogens is 1. The highest BCUT2D eigenvalue weighted by Gasteiger charge is 2.17. The number of aromatic nitrogens is 3. The molecule has 0 unspecified atom stereocenters. The van der Waals surface area contributed by atoms with Gasteiger partial charge in [0.25, 0.3) is 0 Å². The zero-order chi connectivity index (χ0) is 19.9. The lowest BCUT2D eigenvalue weighted by atomic mass is 10.1. The van der Waals surface area contributed by atoms with Crippen LogP contribution in [0.3, 0.4) is 0 Å². The molecule has 1 amide bonds. The lowest BCUT2D eigenvalue weighted by molar-refractivity contribution is -0.120. The van der Waals surface area contributed by atoms with Crippen molar-refractivity contribution in [3.8, 4) is 17.1 Å². The van der Waals surface area contributed by atoms with Crippen LogP contribution in [0.2, 0.25) is 0 Å². The number of para-hydroxylation sites is 1. The number of ether oxygens (including phenoxy) is 1. The molecule has 0 aliphatic heterocycles. The fraction of sp³-hybridized carbons (Fsp3) is 0.286. The van der Waals surface area contributed by atoms with Gasteiger partial charge in [0.1, 0.15) is 5.75 Å². The van der Waals surface area contributed by atoms with Gasteiger partial charge in [0.05, 0.1) is 12.4 Å². The zero-order valence-corrected chi connectivity index (χ0v) is 17.0. The summed E-state index contributed by atoms with van der Waals surface area (Å²) >= 11 is 1.32. The van der Waals surface area contributed by atoms with Crippen molar-refractivity contribution >= 4 is 17.7 Å². The molecule has 0 radical (unpaired) electrons. The van der Waals surface area contributed by atoms with E-state index in [1.54, 1.807) is 7.11 Å². The number of benzene rings is 2. The van der Waals surface area contributed by atoms with Crippen LogP contribution in [0.5, 0.6) is 5.75 Å². The summed E-state index contributed by atoms with van der Waals surface area (Å²) in [7, 11) is 1.62. The van der Waals surface area contributed by atoms with E-state index in [0.717, 1.165) is 23.3 Å². The third-order valence-corrected chi connectivity index (χ3v) is 5.36. The van der Waals surface area contributed by atoms with Crippen LogP contribution in [0.4, 0.5) is 0 Å². The van der Waals surface area contributed by atoms with Gasteiger partial charge in [-0.3, -0.25) is 9.89 Å². The molecule has 0 aliphatic rings. The topological polar surface area (TPSA) is 79.9 Å². The van der Waals surface area contributed by atoms with Crippen LogP contribution >= 0.6 is 11.8 Å². The van der Waals surface area contributed by atoms with Crippen molar-refractivity contribution in [1.29, 1.82) is 0 Å². The van der Waals surface area contributed by atoms with E-state index < -0.39 is 0 Å². The number of hydrogen-bond acceptors (Lipinski definition) is 5. The van der Waals surface area contributed by atoms with Crippen LogP contribution in [-0.2, 0) is 17.8 Å². The minimum absolute atomic E-state index is 0.0745. The Morgan fingerprint density at radius 1 is 1.21 bits per heavy atom. The molecule has 0 fully saturated rings. The van der Waals surface area contributed by atoms with Crippen molar-refractivity contribution in [3.63, 3.8) is 0 Å². The Kier molecular flexibility index (Phi) is 6.71. The first-order chi connectivity index (χ1) is 13.6. The Labute approximate surface area is 169 Å². The Balaban J connectivity index is 1.57. The first-order valence-electron chi connectivity index (χ1n) is 9.18. The molecular weight excluding hydrogens is 372 g/mol. The zero-order valence-electron chi connectivity index (χ0n) is 16.2. The number of methoxy groups -OCH3 is 1. The summed E-state index contributed by atoms with van der Waals surface area (Å²) in [5.74, 6) is 1.39. The quantitative estimate of drug-likeness (QED) is 0.566. The van der Waals surface area contributed by atoms with Crippen LogP contribution < -0.4 is 10.1 Å². The maximum atomic E-state index is 12.4. The molecule has 7 heteroatoms. The van der Waals surface area contributed by atoms with Gasteiger partial charge in [-0.05, 0) is 25.0 Å². The molecule has 1 heterocycles. The SMILES string of the molecule is CCc1ccc(-c2nc(S[C@@H](C)C(=O)NCc3ccccc3OC)n[nH]2)cc1. The van der Waals surface area contributed by atoms with Crippen LogP contribution in [0.15, 0.2) is 53.7 Å². The highest BCUT2D eigenvalue weighted by Crippen LogP contribution is 2.23. The van der Waals surface area contributed by atoms with E-state index in [4.69, 9.17) is 4.74 Å². The maximum Gasteiger partial charge on any atom is 0.233 e. The molecule has 3 aromatic rings. The molecule has 0 bridgehead atoms. The molecule has 0 spiro atoms. The molecule has 1 aromatic heterocycles. The Morgan fingerprint density at radius 2 is 1.96 bits per heavy atom. The van der Waals surface area contributed by atoms with Crippen LogP contribution in [0, 0.1) is 0 Å². The highest BCUT2D eigenvalue weighted by molar-refractivity contribution is 8.00. The Morgan fingerprint density at radius 3 is 2.68 bits per heavy atom. The molecule has 3 rings (SSSR count). The summed E-state index contributed by atoms with van der Waals surface area (Å²) in [6, 6.07) is 15.8. The number of hydrogen-bond donors (Lipinski definition) is 2. The van der Waals surface area contributed by atoms with Crippen LogP contribution in [0.1, 0.15) is 25.0 Å². The monoisotopic (exact) mass is 396 g/mol. The first kappa shape index (κ1) is 19.9. The number of thioether (sulfide) groups is 1. The maximum absolute atomic E-state index is 12.4. The standard InChI is InChI=1S/C21H24N4O2S/c1-4-15-9-11-16(12-10-15)19-23-21(25-24-19)28-14(2)20(26)22-13-17-7-5-6-8-18(17)27-3/h5-12,14H,4,13H2,1-3H3,(H,22,26)(H,23,24,25)/t14-/m0/s1. The fourth-order valence-electron chi connectivity index (χ4n) is 2.71. The molecule has 0 saturated heterocycles. The second kappa shape index (κ2) is 9.41. The molecule has 6 nitrogen and oxygen atoms in total. The number of nitrogens with zero attached hydrogens (tertiary/aromatic N) is 2. The smallest absolute Gasteiger partial charge is 0.233 e. The predicted molar refractivity (Wildman–Crippen MR) is 111 cm³/mol. The predicted octanol–water partition coefficient (Wildman–Crippen LogP) is 3.84. The van der Waals surface area contributed by atoms with Gasteiger partial charge in [-0.15, -0.1) is 5.10 Å². The lowest BCUT2D eigenvalue weighted by Gasteiger charge is -2.12. The highest BCUT2D eigenvalue weighted by atomic mass is 32.2. The fourth-order valence-corrected chi connectivity index (χ4v) is 3.46. The average Bonchev–Trinajstić information content (AvgIpc) is 3.20. The molecule has 0 saturated carbocycles. The summed E-state index contributed by atoms with van der Waals surface area (Å²) in [6.45, 7) is 4.38. The lowest BCUT2D eigenvalue weighted by Crippen LogP contribution is -2.30. The summed E-state index contributed by atoms with van der Waals surface area (Å²) in [4.78, 5) is 16.9. The second-order valence-electron chi connectivity index (χ2n) is 6.31. The van der Waals surface area contributed by atoms with E-state index in [1.165, 1.54) is 17.3 Å². The number of carbonyl (C=O) groups excluding carboxylic acids is 1. The van der Waals surface area contributed by atoms with Crippen molar-refractivity contribution < 1.29 is 9.53 Å². The number of nitrogens with one attached hydrogen (secondary N) is 2. The van der Waals surface area contributed by atoms with Crippen molar-refractivity contribution in [1.82, 2.24) is 20.5 Å². The molecule has 1 atom stereocenters. The molecule has 146 valence electrons. The summed E-state index contributed by atoms with van der Waals surface area (Å²) in [6.07, 6.45) is 0.999. The number of aryl methyl sites for hydroxylation is 1. The van der Waals surface area contributed by atoms with E-state index >= 15 is 0 Å². The van der Waals surface area contributed by atoms with Crippen molar-refractivity contribution in [3.05, 3.63) is 59.7 Å². The summed E-state index contributed by atoms with van der Waals surface area (Å²) < 4.78 is 5.31. The minimum atomic E-state index is -0.319. The van der Waals surface area contributed by atoms with E-state index in [-0.39, 0.29) is 11.2 Å². The van der Waals surface area contributed by atoms with Gasteiger partial charge < -0.3 is 10.1 Å². The van der Waals surface area contributed by atoms with E-state index in [9.17, 15) is 4.79 Å². The van der Waals surface area contributed by atoms with E-state index in [0.29, 0.717) is 17.5 Å². The minimum Gasteiger partial charge on any atom is -0.496 e. The number of aromatic amines is 1. The molecule has 28 heavy (non-hydrogen) atoms. The van der Waals surface area contributed by atoms with Crippen molar-refractivity contribution in [2.75, 3.05) is 7.11 Å². The number of rotatable bonds is 8. The van der Waals surface area contributed by atoms with Gasteiger partial charge in [0.15, 0.2) is 5.82 Å². The first-order valence-corrected chi connectivity index (χ1v) is 10.1. The van der Waals surface area contributed by atoms with Crippen LogP contribution in [-0.4, -0.2) is 33.4 Å². The molecule has 2 aromatic carbocycles. The van der Waals surface area contributed by atoms with E-state index in [1.807, 2.05) is 43.3 Å². The molecular formula is C21H24N4O2S. The van der Waals surface area contributed by atoms with Gasteiger partial charge in [0, 0.05) is 17.7 Å². The van der Waals surface area contributed by atoms with Gasteiger partial charge in [0.2, 0.25) is 11.1 Å². The summed E-state index contributed by atoms with van der Waals surface area (Å²) in [5, 5.41) is 10.3. The van der Waals surface area contributed by atoms with Gasteiger partial charge in [-0.2, -0.15) is 0 Å².